The van der Waals surface area contributed by atoms with Crippen LogP contribution in [0.15, 0.2) is 24.1 Å². The molecule has 0 fully saturated rings. The van der Waals surface area contributed by atoms with Crippen molar-refractivity contribution in [1.29, 1.82) is 0 Å². The van der Waals surface area contributed by atoms with Crippen LogP contribution in [-0.2, 0) is 0 Å². The summed E-state index contributed by atoms with van der Waals surface area (Å²) in [6, 6.07) is 0. The van der Waals surface area contributed by atoms with Crippen molar-refractivity contribution in [3.05, 3.63) is 24.1 Å². The van der Waals surface area contributed by atoms with Crippen molar-refractivity contribution in [1.82, 2.24) is 0 Å². The maximum absolute atomic E-state index is 3.50. The van der Waals surface area contributed by atoms with Crippen LogP contribution in [0.25, 0.3) is 0 Å². The summed E-state index contributed by atoms with van der Waals surface area (Å²) >= 11 is 1.67. The van der Waals surface area contributed by atoms with Gasteiger partial charge in [0.25, 0.3) is 0 Å². The molecule has 0 spiro atoms. The summed E-state index contributed by atoms with van der Waals surface area (Å²) in [6.45, 7) is 7.50. The van der Waals surface area contributed by atoms with E-state index in [2.05, 4.69) is 6.58 Å². The number of allylic oxidation sites excluding steroid dienone is 2. The van der Waals surface area contributed by atoms with Crippen LogP contribution in [-0.4, -0.2) is 6.26 Å². The highest BCUT2D eigenvalue weighted by Crippen LogP contribution is 1.91. The van der Waals surface area contributed by atoms with Gasteiger partial charge in [-0.05, 0) is 11.7 Å². The zero-order valence-electron chi connectivity index (χ0n) is 5.85. The second kappa shape index (κ2) is 15.8. The van der Waals surface area contributed by atoms with Crippen molar-refractivity contribution in [3.8, 4) is 0 Å². The van der Waals surface area contributed by atoms with E-state index >= 15 is 0 Å². The van der Waals surface area contributed by atoms with Gasteiger partial charge in [-0.15, -0.1) is 11.8 Å². The van der Waals surface area contributed by atoms with E-state index in [1.807, 2.05) is 31.6 Å². The molecule has 0 atom stereocenters. The largest absolute Gasteiger partial charge is 0.138 e. The summed E-state index contributed by atoms with van der Waals surface area (Å²) < 4.78 is 0. The van der Waals surface area contributed by atoms with Gasteiger partial charge in [-0.1, -0.05) is 32.6 Å². The lowest BCUT2D eigenvalue weighted by atomic mass is 10.6. The van der Waals surface area contributed by atoms with Crippen LogP contribution < -0.4 is 0 Å². The maximum atomic E-state index is 3.50. The number of rotatable bonds is 2. The zero-order valence-corrected chi connectivity index (χ0v) is 6.66. The molecule has 0 aliphatic heterocycles. The fourth-order valence-electron chi connectivity index (χ4n) is 0.134. The lowest BCUT2D eigenvalue weighted by Gasteiger charge is -1.68. The van der Waals surface area contributed by atoms with E-state index in [9.17, 15) is 0 Å². The van der Waals surface area contributed by atoms with Gasteiger partial charge in [0.15, 0.2) is 0 Å². The molecular weight excluding hydrogens is 116 g/mol. The molecule has 0 nitrogen and oxygen atoms in total. The Morgan fingerprint density at radius 1 is 1.38 bits per heavy atom. The van der Waals surface area contributed by atoms with Gasteiger partial charge >= 0.3 is 0 Å². The Hall–Kier alpha value is -0.170. The topological polar surface area (TPSA) is 0 Å². The number of thioether (sulfide) groups is 1. The van der Waals surface area contributed by atoms with Gasteiger partial charge in [-0.25, -0.2) is 0 Å². The minimum absolute atomic E-state index is 1.67. The van der Waals surface area contributed by atoms with Gasteiger partial charge in [0.1, 0.15) is 0 Å². The van der Waals surface area contributed by atoms with Gasteiger partial charge in [-0.2, -0.15) is 0 Å². The summed E-state index contributed by atoms with van der Waals surface area (Å²) in [5, 5.41) is 1.98. The van der Waals surface area contributed by atoms with Crippen LogP contribution in [0.4, 0.5) is 0 Å². The van der Waals surface area contributed by atoms with Gasteiger partial charge in [-0.3, -0.25) is 0 Å². The lowest BCUT2D eigenvalue weighted by Crippen LogP contribution is -1.38. The molecule has 0 bridgehead atoms. The fraction of sp³-hybridized carbons (Fsp3) is 0.429. The van der Waals surface area contributed by atoms with Crippen LogP contribution >= 0.6 is 11.8 Å². The lowest BCUT2D eigenvalue weighted by molar-refractivity contribution is 1.50. The molecule has 0 rings (SSSR count). The predicted octanol–water partition coefficient (Wildman–Crippen LogP) is 3.08. The highest BCUT2D eigenvalue weighted by atomic mass is 32.2. The monoisotopic (exact) mass is 130 g/mol. The molecule has 0 radical (unpaired) electrons. The SMILES string of the molecule is C=C/C=C\SC.CC. The standard InChI is InChI=1S/C5H8S.C2H6/c1-3-4-5-6-2;1-2/h3-5H,1H2,2H3;1-2H3/b5-4-;. The van der Waals surface area contributed by atoms with E-state index < -0.39 is 0 Å². The van der Waals surface area contributed by atoms with Crippen LogP contribution in [0.3, 0.4) is 0 Å². The first-order valence-electron chi connectivity index (χ1n) is 2.72. The van der Waals surface area contributed by atoms with Crippen molar-refractivity contribution in [3.63, 3.8) is 0 Å². The molecule has 0 aromatic heterocycles. The molecule has 0 unspecified atom stereocenters. The number of hydrogen-bond donors (Lipinski definition) is 0. The third-order valence-electron chi connectivity index (χ3n) is 0.351. The summed E-state index contributed by atoms with van der Waals surface area (Å²) in [5.41, 5.74) is 0. The number of hydrogen-bond acceptors (Lipinski definition) is 1. The summed E-state index contributed by atoms with van der Waals surface area (Å²) in [6.07, 6.45) is 5.68. The Morgan fingerprint density at radius 3 is 2.00 bits per heavy atom. The average Bonchev–Trinajstić information content (AvgIpc) is 1.88. The van der Waals surface area contributed by atoms with E-state index in [1.54, 1.807) is 17.8 Å². The van der Waals surface area contributed by atoms with Crippen LogP contribution in [0.2, 0.25) is 0 Å². The van der Waals surface area contributed by atoms with Gasteiger partial charge in [0.05, 0.1) is 0 Å². The zero-order chi connectivity index (χ0) is 6.83. The molecule has 0 saturated carbocycles. The van der Waals surface area contributed by atoms with Gasteiger partial charge < -0.3 is 0 Å². The van der Waals surface area contributed by atoms with E-state index in [4.69, 9.17) is 0 Å². The molecule has 8 heavy (non-hydrogen) atoms. The molecule has 0 N–H and O–H groups in total. The summed E-state index contributed by atoms with van der Waals surface area (Å²) in [7, 11) is 0. The van der Waals surface area contributed by atoms with Crippen LogP contribution in [0.5, 0.6) is 0 Å². The quantitative estimate of drug-likeness (QED) is 0.518. The van der Waals surface area contributed by atoms with Crippen LogP contribution in [0.1, 0.15) is 13.8 Å². The molecule has 0 aliphatic carbocycles. The second-order valence-corrected chi connectivity index (χ2v) is 1.54. The summed E-state index contributed by atoms with van der Waals surface area (Å²) in [4.78, 5) is 0. The molecule has 0 aromatic rings. The Balaban J connectivity index is 0. The van der Waals surface area contributed by atoms with E-state index in [0.717, 1.165) is 0 Å². The molecular formula is C7H14S. The van der Waals surface area contributed by atoms with E-state index in [1.165, 1.54) is 0 Å². The molecule has 1 heteroatoms. The summed E-state index contributed by atoms with van der Waals surface area (Å²) in [5.74, 6) is 0. The molecule has 0 aliphatic rings. The van der Waals surface area contributed by atoms with E-state index in [-0.39, 0.29) is 0 Å². The van der Waals surface area contributed by atoms with Gasteiger partial charge in [0.2, 0.25) is 0 Å². The molecule has 0 saturated heterocycles. The van der Waals surface area contributed by atoms with Crippen LogP contribution in [0, 0.1) is 0 Å². The van der Waals surface area contributed by atoms with Crippen molar-refractivity contribution < 1.29 is 0 Å². The molecule has 48 valence electrons. The minimum Gasteiger partial charge on any atom is -0.138 e. The molecule has 0 heterocycles. The van der Waals surface area contributed by atoms with Crippen molar-refractivity contribution in [2.75, 3.05) is 6.26 Å². The average molecular weight is 130 g/mol. The second-order valence-electron chi connectivity index (χ2n) is 0.800. The molecule has 0 amide bonds. The third kappa shape index (κ3) is 17.0. The highest BCUT2D eigenvalue weighted by Gasteiger charge is 1.54. The highest BCUT2D eigenvalue weighted by molar-refractivity contribution is 8.01. The predicted molar refractivity (Wildman–Crippen MR) is 44.2 cm³/mol. The first kappa shape index (κ1) is 10.7. The third-order valence-corrected chi connectivity index (χ3v) is 0.780. The minimum atomic E-state index is 1.67. The van der Waals surface area contributed by atoms with Crippen molar-refractivity contribution in [2.45, 2.75) is 13.8 Å². The first-order chi connectivity index (χ1) is 3.91. The molecule has 0 aromatic carbocycles. The van der Waals surface area contributed by atoms with Crippen molar-refractivity contribution in [2.24, 2.45) is 0 Å². The Bertz CT molecular complexity index is 55.4. The Morgan fingerprint density at radius 2 is 1.88 bits per heavy atom. The maximum Gasteiger partial charge on any atom is -0.0142 e. The van der Waals surface area contributed by atoms with E-state index in [0.29, 0.717) is 0 Å². The van der Waals surface area contributed by atoms with Crippen molar-refractivity contribution >= 4 is 11.8 Å². The first-order valence-corrected chi connectivity index (χ1v) is 4.01. The smallest absolute Gasteiger partial charge is 0.0142 e. The fourth-order valence-corrected chi connectivity index (χ4v) is 0.402. The Labute approximate surface area is 56.7 Å². The van der Waals surface area contributed by atoms with Gasteiger partial charge in [0, 0.05) is 0 Å². The Kier molecular flexibility index (Phi) is 21.3. The normalized spacial score (nSPS) is 7.88.